The third kappa shape index (κ3) is 1.70. The Bertz CT molecular complexity index is 529. The Balaban J connectivity index is 2.67. The summed E-state index contributed by atoms with van der Waals surface area (Å²) < 4.78 is 4.95. The van der Waals surface area contributed by atoms with Gasteiger partial charge in [-0.05, 0) is 31.9 Å². The minimum atomic E-state index is -0.524. The molecule has 0 aliphatic rings. The molecule has 1 heterocycles. The van der Waals surface area contributed by atoms with E-state index in [4.69, 9.17) is 4.42 Å². The quantitative estimate of drug-likeness (QED) is 0.772. The van der Waals surface area contributed by atoms with E-state index >= 15 is 0 Å². The molecule has 4 heteroatoms. The van der Waals surface area contributed by atoms with E-state index in [2.05, 4.69) is 10.2 Å². The van der Waals surface area contributed by atoms with Crippen molar-refractivity contribution in [3.63, 3.8) is 0 Å². The fourth-order valence-corrected chi connectivity index (χ4v) is 1.85. The maximum absolute atomic E-state index is 10.9. The van der Waals surface area contributed by atoms with Crippen molar-refractivity contribution in [2.75, 3.05) is 0 Å². The highest BCUT2D eigenvalue weighted by atomic mass is 16.4. The number of hydrogen-bond donors (Lipinski definition) is 1. The minimum absolute atomic E-state index is 0.356. The number of aromatic amines is 1. The molecule has 2 aromatic rings. The minimum Gasteiger partial charge on any atom is -0.388 e. The molecular weight excluding hydrogens is 192 g/mol. The number of nitrogens with zero attached hydrogens (tertiary/aromatic N) is 1. The summed E-state index contributed by atoms with van der Waals surface area (Å²) >= 11 is 0. The molecule has 15 heavy (non-hydrogen) atoms. The molecule has 2 rings (SSSR count). The summed E-state index contributed by atoms with van der Waals surface area (Å²) in [5.41, 5.74) is 4.19. The van der Waals surface area contributed by atoms with E-state index in [1.165, 1.54) is 5.56 Å². The zero-order valence-electron chi connectivity index (χ0n) is 8.92. The van der Waals surface area contributed by atoms with Crippen LogP contribution in [0.2, 0.25) is 0 Å². The summed E-state index contributed by atoms with van der Waals surface area (Å²) in [4.78, 5) is 10.9. The monoisotopic (exact) mass is 204 g/mol. The van der Waals surface area contributed by atoms with E-state index in [-0.39, 0.29) is 0 Å². The Labute approximate surface area is 86.9 Å². The molecule has 1 aromatic carbocycles. The van der Waals surface area contributed by atoms with Crippen LogP contribution in [0.3, 0.4) is 0 Å². The van der Waals surface area contributed by atoms with Gasteiger partial charge in [-0.3, -0.25) is 0 Å². The summed E-state index contributed by atoms with van der Waals surface area (Å²) in [6, 6.07) is 4.08. The van der Waals surface area contributed by atoms with Gasteiger partial charge in [-0.25, -0.2) is 9.89 Å². The molecule has 4 nitrogen and oxygen atoms in total. The third-order valence-corrected chi connectivity index (χ3v) is 2.33. The molecule has 0 saturated heterocycles. The van der Waals surface area contributed by atoms with Gasteiger partial charge in [-0.15, -0.1) is 5.10 Å². The highest BCUT2D eigenvalue weighted by Crippen LogP contribution is 2.25. The molecule has 1 aromatic heterocycles. The predicted molar refractivity (Wildman–Crippen MR) is 56.8 cm³/mol. The van der Waals surface area contributed by atoms with Crippen molar-refractivity contribution < 1.29 is 4.42 Å². The van der Waals surface area contributed by atoms with Crippen molar-refractivity contribution >= 4 is 0 Å². The first-order chi connectivity index (χ1) is 7.08. The topological polar surface area (TPSA) is 58.9 Å². The number of rotatable bonds is 1. The van der Waals surface area contributed by atoms with Crippen molar-refractivity contribution in [3.05, 3.63) is 39.4 Å². The zero-order chi connectivity index (χ0) is 11.0. The smallest absolute Gasteiger partial charge is 0.388 e. The van der Waals surface area contributed by atoms with Gasteiger partial charge in [0.15, 0.2) is 0 Å². The first-order valence-electron chi connectivity index (χ1n) is 4.71. The van der Waals surface area contributed by atoms with Crippen LogP contribution in [0.4, 0.5) is 0 Å². The van der Waals surface area contributed by atoms with Gasteiger partial charge in [0.05, 0.1) is 0 Å². The van der Waals surface area contributed by atoms with E-state index in [1.54, 1.807) is 0 Å². The summed E-state index contributed by atoms with van der Waals surface area (Å²) in [6.07, 6.45) is 0. The molecule has 0 atom stereocenters. The predicted octanol–water partition coefficient (Wildman–Crippen LogP) is 1.96. The van der Waals surface area contributed by atoms with Crippen molar-refractivity contribution in [2.45, 2.75) is 20.8 Å². The van der Waals surface area contributed by atoms with E-state index < -0.39 is 5.76 Å². The van der Waals surface area contributed by atoms with Crippen molar-refractivity contribution in [1.29, 1.82) is 0 Å². The summed E-state index contributed by atoms with van der Waals surface area (Å²) in [5, 5.41) is 6.10. The van der Waals surface area contributed by atoms with Crippen molar-refractivity contribution in [2.24, 2.45) is 0 Å². The first-order valence-corrected chi connectivity index (χ1v) is 4.71. The maximum Gasteiger partial charge on any atom is 0.434 e. The number of hydrogen-bond acceptors (Lipinski definition) is 3. The number of aromatic nitrogens is 2. The average Bonchev–Trinajstić information content (AvgIpc) is 2.49. The van der Waals surface area contributed by atoms with Crippen molar-refractivity contribution in [1.82, 2.24) is 10.2 Å². The molecular formula is C11H12N2O2. The molecule has 0 aliphatic heterocycles. The Hall–Kier alpha value is -1.84. The van der Waals surface area contributed by atoms with Crippen LogP contribution in [0.15, 0.2) is 21.3 Å². The number of nitrogens with one attached hydrogen (secondary N) is 1. The van der Waals surface area contributed by atoms with Gasteiger partial charge in [0, 0.05) is 5.56 Å². The lowest BCUT2D eigenvalue weighted by atomic mass is 10.00. The fourth-order valence-electron chi connectivity index (χ4n) is 1.85. The van der Waals surface area contributed by atoms with Crippen LogP contribution in [-0.4, -0.2) is 10.2 Å². The van der Waals surface area contributed by atoms with Gasteiger partial charge >= 0.3 is 5.76 Å². The lowest BCUT2D eigenvalue weighted by molar-refractivity contribution is 0.526. The standard InChI is InChI=1S/C11H12N2O2/c1-6-4-7(2)9(8(3)5-6)10-12-13-11(14)15-10/h4-5H,1-3H3,(H,13,14). The SMILES string of the molecule is Cc1cc(C)c(-c2n[nH]c(=O)o2)c(C)c1. The maximum atomic E-state index is 10.9. The summed E-state index contributed by atoms with van der Waals surface area (Å²) in [7, 11) is 0. The molecule has 0 fully saturated rings. The Morgan fingerprint density at radius 2 is 1.80 bits per heavy atom. The van der Waals surface area contributed by atoms with Crippen LogP contribution >= 0.6 is 0 Å². The normalized spacial score (nSPS) is 10.6. The zero-order valence-corrected chi connectivity index (χ0v) is 8.92. The molecule has 78 valence electrons. The summed E-state index contributed by atoms with van der Waals surface area (Å²) in [5.74, 6) is -0.167. The fraction of sp³-hybridized carbons (Fsp3) is 0.273. The summed E-state index contributed by atoms with van der Waals surface area (Å²) in [6.45, 7) is 5.98. The molecule has 0 spiro atoms. The average molecular weight is 204 g/mol. The molecule has 0 amide bonds. The van der Waals surface area contributed by atoms with E-state index in [0.717, 1.165) is 16.7 Å². The van der Waals surface area contributed by atoms with Gasteiger partial charge in [0.25, 0.3) is 0 Å². The van der Waals surface area contributed by atoms with E-state index in [9.17, 15) is 4.79 Å². The molecule has 0 saturated carbocycles. The van der Waals surface area contributed by atoms with Crippen LogP contribution in [0.5, 0.6) is 0 Å². The van der Waals surface area contributed by atoms with Gasteiger partial charge in [-0.1, -0.05) is 17.7 Å². The number of H-pyrrole nitrogens is 1. The first kappa shape index (κ1) is 9.71. The third-order valence-electron chi connectivity index (χ3n) is 2.33. The van der Waals surface area contributed by atoms with E-state index in [1.807, 2.05) is 32.9 Å². The second kappa shape index (κ2) is 3.38. The number of benzene rings is 1. The van der Waals surface area contributed by atoms with Crippen LogP contribution in [-0.2, 0) is 0 Å². The van der Waals surface area contributed by atoms with Crippen molar-refractivity contribution in [3.8, 4) is 11.5 Å². The molecule has 0 radical (unpaired) electrons. The Kier molecular flexibility index (Phi) is 2.19. The largest absolute Gasteiger partial charge is 0.434 e. The van der Waals surface area contributed by atoms with Crippen LogP contribution in [0.1, 0.15) is 16.7 Å². The van der Waals surface area contributed by atoms with Gasteiger partial charge in [0.2, 0.25) is 5.89 Å². The van der Waals surface area contributed by atoms with Crippen LogP contribution in [0, 0.1) is 20.8 Å². The van der Waals surface area contributed by atoms with Gasteiger partial charge < -0.3 is 4.42 Å². The van der Waals surface area contributed by atoms with Crippen LogP contribution < -0.4 is 5.76 Å². The second-order valence-corrected chi connectivity index (χ2v) is 3.69. The second-order valence-electron chi connectivity index (χ2n) is 3.69. The van der Waals surface area contributed by atoms with Crippen LogP contribution in [0.25, 0.3) is 11.5 Å². The molecule has 0 bridgehead atoms. The highest BCUT2D eigenvalue weighted by molar-refractivity contribution is 5.63. The molecule has 0 unspecified atom stereocenters. The Morgan fingerprint density at radius 1 is 1.20 bits per heavy atom. The van der Waals surface area contributed by atoms with E-state index in [0.29, 0.717) is 5.89 Å². The van der Waals surface area contributed by atoms with Gasteiger partial charge in [-0.2, -0.15) is 0 Å². The Morgan fingerprint density at radius 3 is 2.27 bits per heavy atom. The molecule has 1 N–H and O–H groups in total. The molecule has 0 aliphatic carbocycles. The number of aryl methyl sites for hydroxylation is 3. The van der Waals surface area contributed by atoms with Gasteiger partial charge in [0.1, 0.15) is 0 Å². The highest BCUT2D eigenvalue weighted by Gasteiger charge is 2.11. The lowest BCUT2D eigenvalue weighted by Gasteiger charge is -2.06. The lowest BCUT2D eigenvalue weighted by Crippen LogP contribution is -1.93.